The molecule has 0 spiro atoms. The highest BCUT2D eigenvalue weighted by Crippen LogP contribution is 2.51. The fourth-order valence-corrected chi connectivity index (χ4v) is 4.89. The summed E-state index contributed by atoms with van der Waals surface area (Å²) in [5, 5.41) is 19.1. The highest BCUT2D eigenvalue weighted by atomic mass is 35.5. The summed E-state index contributed by atoms with van der Waals surface area (Å²) < 4.78 is 20.3. The van der Waals surface area contributed by atoms with Crippen LogP contribution in [0.5, 0.6) is 0 Å². The summed E-state index contributed by atoms with van der Waals surface area (Å²) >= 11 is 6.14. The molecule has 0 unspecified atom stereocenters. The monoisotopic (exact) mass is 533 g/mol. The number of carboxylic acids is 1. The third-order valence-corrected chi connectivity index (χ3v) is 7.22. The molecule has 5 rings (SSSR count). The number of ether oxygens (including phenoxy) is 1. The Hall–Kier alpha value is -4.17. The van der Waals surface area contributed by atoms with Crippen LogP contribution in [-0.4, -0.2) is 27.4 Å². The number of hydrogen-bond donors (Lipinski definition) is 3. The molecule has 0 aliphatic heterocycles. The van der Waals surface area contributed by atoms with Gasteiger partial charge in [0.25, 0.3) is 0 Å². The predicted molar refractivity (Wildman–Crippen MR) is 142 cm³/mol. The normalized spacial score (nSPS) is 14.5. The minimum atomic E-state index is -0.854. The summed E-state index contributed by atoms with van der Waals surface area (Å²) in [6.45, 7) is 1.67. The van der Waals surface area contributed by atoms with Crippen molar-refractivity contribution in [2.24, 2.45) is 0 Å². The molecular formula is C29H25ClFN3O4. The lowest BCUT2D eigenvalue weighted by Gasteiger charge is -2.16. The predicted octanol–water partition coefficient (Wildman–Crippen LogP) is 6.89. The van der Waals surface area contributed by atoms with E-state index in [1.165, 1.54) is 0 Å². The number of nitrogens with one attached hydrogen (secondary N) is 2. The van der Waals surface area contributed by atoms with Crippen LogP contribution >= 0.6 is 11.6 Å². The molecule has 1 atom stereocenters. The van der Waals surface area contributed by atoms with Gasteiger partial charge in [-0.3, -0.25) is 15.2 Å². The summed E-state index contributed by atoms with van der Waals surface area (Å²) in [5.41, 5.74) is 3.41. The summed E-state index contributed by atoms with van der Waals surface area (Å²) in [7, 11) is 0. The van der Waals surface area contributed by atoms with Crippen LogP contribution < -0.4 is 5.32 Å². The lowest BCUT2D eigenvalue weighted by atomic mass is 9.88. The molecule has 1 fully saturated rings. The van der Waals surface area contributed by atoms with Gasteiger partial charge in [0.05, 0.1) is 11.1 Å². The Kier molecular flexibility index (Phi) is 6.91. The van der Waals surface area contributed by atoms with Gasteiger partial charge in [-0.1, -0.05) is 78.3 Å². The molecular weight excluding hydrogens is 509 g/mol. The van der Waals surface area contributed by atoms with Crippen molar-refractivity contribution >= 4 is 29.5 Å². The Bertz CT molecular complexity index is 1500. The zero-order valence-electron chi connectivity index (χ0n) is 20.5. The Morgan fingerprint density at radius 3 is 2.47 bits per heavy atom. The molecule has 0 bridgehead atoms. The smallest absolute Gasteiger partial charge is 0.413 e. The molecule has 4 aromatic rings. The lowest BCUT2D eigenvalue weighted by molar-refractivity contribution is -0.140. The number of aliphatic carboxylic acids is 1. The minimum Gasteiger partial charge on any atom is -0.481 e. The Morgan fingerprint density at radius 1 is 1.11 bits per heavy atom. The second-order valence-corrected chi connectivity index (χ2v) is 9.77. The highest BCUT2D eigenvalue weighted by molar-refractivity contribution is 6.31. The van der Waals surface area contributed by atoms with Crippen molar-refractivity contribution in [2.45, 2.75) is 37.7 Å². The van der Waals surface area contributed by atoms with Gasteiger partial charge in [-0.15, -0.1) is 0 Å². The maximum atomic E-state index is 15.0. The van der Waals surface area contributed by atoms with Crippen LogP contribution in [0.3, 0.4) is 0 Å². The van der Waals surface area contributed by atoms with Gasteiger partial charge < -0.3 is 9.84 Å². The molecule has 1 heterocycles. The first-order valence-corrected chi connectivity index (χ1v) is 12.5. The number of nitrogens with zero attached hydrogens (tertiary/aromatic N) is 1. The van der Waals surface area contributed by atoms with Crippen molar-refractivity contribution in [3.63, 3.8) is 0 Å². The van der Waals surface area contributed by atoms with E-state index in [-0.39, 0.29) is 17.9 Å². The minimum absolute atomic E-state index is 0.204. The molecule has 7 nitrogen and oxygen atoms in total. The second-order valence-electron chi connectivity index (χ2n) is 9.37. The summed E-state index contributed by atoms with van der Waals surface area (Å²) in [5.74, 6) is -1.74. The van der Waals surface area contributed by atoms with Crippen molar-refractivity contribution in [3.8, 4) is 11.1 Å². The standard InChI is InChI=1S/C29H25ClFN3O4/c1-17(20-6-3-5-9-23(20)30)38-28(37)32-26-25(31)24(33-34-26)16-18-10-12-19(13-11-18)21-7-2-4-8-22(21)29(14-15-29)27(35)36/h2-13,17H,14-16H2,1H3,(H,35,36)(H2,32,33,34,37)/t17-/m1/s1. The molecule has 0 radical (unpaired) electrons. The van der Waals surface area contributed by atoms with E-state index in [0.717, 1.165) is 22.3 Å². The van der Waals surface area contributed by atoms with Crippen LogP contribution in [0.4, 0.5) is 15.0 Å². The molecule has 38 heavy (non-hydrogen) atoms. The molecule has 3 N–H and O–H groups in total. The molecule has 1 saturated carbocycles. The Labute approximate surface area is 223 Å². The first-order valence-electron chi connectivity index (χ1n) is 12.2. The number of rotatable bonds is 8. The van der Waals surface area contributed by atoms with Gasteiger partial charge in [0, 0.05) is 17.0 Å². The van der Waals surface area contributed by atoms with Crippen molar-refractivity contribution < 1.29 is 23.8 Å². The van der Waals surface area contributed by atoms with E-state index in [9.17, 15) is 19.1 Å². The molecule has 1 aromatic heterocycles. The zero-order valence-corrected chi connectivity index (χ0v) is 21.3. The number of benzene rings is 3. The molecule has 1 aliphatic rings. The van der Waals surface area contributed by atoms with Crippen LogP contribution in [-0.2, 0) is 21.4 Å². The number of anilines is 1. The number of halogens is 2. The second kappa shape index (κ2) is 10.3. The number of carbonyl (C=O) groups excluding carboxylic acids is 1. The van der Waals surface area contributed by atoms with Gasteiger partial charge in [0.1, 0.15) is 6.10 Å². The van der Waals surface area contributed by atoms with Gasteiger partial charge in [0.15, 0.2) is 11.6 Å². The van der Waals surface area contributed by atoms with Crippen LogP contribution in [0.1, 0.15) is 48.3 Å². The van der Waals surface area contributed by atoms with Crippen molar-refractivity contribution in [2.75, 3.05) is 5.32 Å². The molecule has 9 heteroatoms. The van der Waals surface area contributed by atoms with Gasteiger partial charge in [-0.25, -0.2) is 9.18 Å². The summed E-state index contributed by atoms with van der Waals surface area (Å²) in [6.07, 6.45) is -0.0306. The molecule has 194 valence electrons. The van der Waals surface area contributed by atoms with Crippen molar-refractivity contribution in [3.05, 3.63) is 106 Å². The average Bonchev–Trinajstić information content (AvgIpc) is 3.66. The first kappa shape index (κ1) is 25.5. The first-order chi connectivity index (χ1) is 18.3. The van der Waals surface area contributed by atoms with Gasteiger partial charge in [-0.2, -0.15) is 5.10 Å². The van der Waals surface area contributed by atoms with E-state index in [1.54, 1.807) is 31.2 Å². The molecule has 0 saturated heterocycles. The van der Waals surface area contributed by atoms with Gasteiger partial charge in [0.2, 0.25) is 0 Å². The summed E-state index contributed by atoms with van der Waals surface area (Å²) in [4.78, 5) is 24.2. The molecule has 1 amide bonds. The maximum Gasteiger partial charge on any atom is 0.413 e. The number of aromatic amines is 1. The Balaban J connectivity index is 1.26. The number of H-pyrrole nitrogens is 1. The van der Waals surface area contributed by atoms with Crippen LogP contribution in [0.25, 0.3) is 11.1 Å². The highest BCUT2D eigenvalue weighted by Gasteiger charge is 2.52. The van der Waals surface area contributed by atoms with Crippen molar-refractivity contribution in [1.29, 1.82) is 0 Å². The topological polar surface area (TPSA) is 104 Å². The van der Waals surface area contributed by atoms with E-state index in [1.807, 2.05) is 48.5 Å². The maximum absolute atomic E-state index is 15.0. The lowest BCUT2D eigenvalue weighted by Crippen LogP contribution is -2.20. The molecule has 1 aliphatic carbocycles. The van der Waals surface area contributed by atoms with Gasteiger partial charge in [-0.05, 0) is 48.1 Å². The van der Waals surface area contributed by atoms with E-state index in [0.29, 0.717) is 23.4 Å². The van der Waals surface area contributed by atoms with Crippen molar-refractivity contribution in [1.82, 2.24) is 10.2 Å². The number of carboxylic acid groups (broad SMARTS) is 1. The number of aromatic nitrogens is 2. The third-order valence-electron chi connectivity index (χ3n) is 6.87. The Morgan fingerprint density at radius 2 is 1.79 bits per heavy atom. The quantitative estimate of drug-likeness (QED) is 0.229. The largest absolute Gasteiger partial charge is 0.481 e. The number of hydrogen-bond acceptors (Lipinski definition) is 4. The zero-order chi connectivity index (χ0) is 26.9. The SMILES string of the molecule is C[C@@H](OC(=O)Nc1n[nH]c(Cc2ccc(-c3ccccc3C3(C(=O)O)CC3)cc2)c1F)c1ccccc1Cl. The van der Waals surface area contributed by atoms with E-state index in [2.05, 4.69) is 15.5 Å². The average molecular weight is 534 g/mol. The number of amides is 1. The van der Waals surface area contributed by atoms with Crippen LogP contribution in [0.2, 0.25) is 5.02 Å². The fourth-order valence-electron chi connectivity index (χ4n) is 4.60. The van der Waals surface area contributed by atoms with Crippen LogP contribution in [0.15, 0.2) is 72.8 Å². The summed E-state index contributed by atoms with van der Waals surface area (Å²) in [6, 6.07) is 22.0. The number of carbonyl (C=O) groups is 2. The third kappa shape index (κ3) is 4.99. The van der Waals surface area contributed by atoms with Gasteiger partial charge >= 0.3 is 12.1 Å². The van der Waals surface area contributed by atoms with E-state index < -0.39 is 29.4 Å². The molecule has 3 aromatic carbocycles. The van der Waals surface area contributed by atoms with E-state index in [4.69, 9.17) is 16.3 Å². The fraction of sp³-hybridized carbons (Fsp3) is 0.207. The van der Waals surface area contributed by atoms with E-state index >= 15 is 0 Å². The van der Waals surface area contributed by atoms with Crippen LogP contribution in [0, 0.1) is 5.82 Å².